The monoisotopic (exact) mass is 422 g/mol. The molecular weight excluding hydrogens is 408 g/mol. The lowest BCUT2D eigenvalue weighted by molar-refractivity contribution is -0.125. The summed E-state index contributed by atoms with van der Waals surface area (Å²) in [6.45, 7) is 1.73. The van der Waals surface area contributed by atoms with Crippen molar-refractivity contribution in [2.45, 2.75) is 12.8 Å². The number of carbonyl (C=O) groups is 3. The van der Waals surface area contributed by atoms with E-state index < -0.39 is 23.6 Å². The van der Waals surface area contributed by atoms with Crippen molar-refractivity contribution in [1.82, 2.24) is 10.4 Å². The zero-order chi connectivity index (χ0) is 19.1. The summed E-state index contributed by atoms with van der Waals surface area (Å²) in [5.41, 5.74) is 4.07. The van der Waals surface area contributed by atoms with Crippen LogP contribution in [-0.2, 0) is 4.79 Å². The van der Waals surface area contributed by atoms with E-state index in [4.69, 9.17) is 0 Å². The molecule has 0 unspecified atom stereocenters. The molecule has 3 aromatic carbocycles. The van der Waals surface area contributed by atoms with Gasteiger partial charge in [-0.15, -0.1) is 0 Å². The van der Waals surface area contributed by atoms with Gasteiger partial charge in [-0.2, -0.15) is 5.01 Å². The van der Waals surface area contributed by atoms with Crippen LogP contribution in [-0.4, -0.2) is 22.7 Å². The van der Waals surface area contributed by atoms with Crippen molar-refractivity contribution in [3.05, 3.63) is 81.8 Å². The van der Waals surface area contributed by atoms with E-state index >= 15 is 0 Å². The summed E-state index contributed by atoms with van der Waals surface area (Å²) in [5.74, 6) is -2.00. The molecule has 4 rings (SSSR count). The molecule has 134 valence electrons. The molecule has 6 heteroatoms. The van der Waals surface area contributed by atoms with Gasteiger partial charge in [-0.1, -0.05) is 58.4 Å². The third kappa shape index (κ3) is 2.82. The number of rotatable bonds is 3. The van der Waals surface area contributed by atoms with E-state index in [2.05, 4.69) is 21.4 Å². The van der Waals surface area contributed by atoms with Gasteiger partial charge < -0.3 is 0 Å². The summed E-state index contributed by atoms with van der Waals surface area (Å²) in [7, 11) is 0. The van der Waals surface area contributed by atoms with Crippen LogP contribution in [0.1, 0.15) is 39.1 Å². The number of hydrogen-bond acceptors (Lipinski definition) is 3. The van der Waals surface area contributed by atoms with Gasteiger partial charge in [0.15, 0.2) is 0 Å². The Labute approximate surface area is 164 Å². The molecule has 5 nitrogen and oxygen atoms in total. The van der Waals surface area contributed by atoms with Crippen LogP contribution in [0.4, 0.5) is 0 Å². The Morgan fingerprint density at radius 2 is 1.59 bits per heavy atom. The predicted molar refractivity (Wildman–Crippen MR) is 105 cm³/mol. The number of imide groups is 1. The summed E-state index contributed by atoms with van der Waals surface area (Å²) in [5, 5.41) is 2.20. The number of hydrogen-bond donors (Lipinski definition) is 1. The van der Waals surface area contributed by atoms with Gasteiger partial charge in [-0.3, -0.25) is 19.8 Å². The minimum atomic E-state index is -0.537. The number of benzene rings is 3. The van der Waals surface area contributed by atoms with Crippen LogP contribution in [0.3, 0.4) is 0 Å². The van der Waals surface area contributed by atoms with E-state index in [1.807, 2.05) is 36.4 Å². The Morgan fingerprint density at radius 1 is 0.926 bits per heavy atom. The van der Waals surface area contributed by atoms with Crippen LogP contribution in [0.25, 0.3) is 10.8 Å². The number of nitrogens with zero attached hydrogens (tertiary/aromatic N) is 1. The molecular formula is C21H15BrN2O3. The number of carbonyl (C=O) groups excluding carboxylic acids is 3. The highest BCUT2D eigenvalue weighted by Crippen LogP contribution is 2.33. The molecule has 0 aliphatic carbocycles. The number of nitrogens with one attached hydrogen (secondary N) is 1. The molecule has 0 aromatic heterocycles. The quantitative estimate of drug-likeness (QED) is 0.647. The molecule has 0 saturated heterocycles. The van der Waals surface area contributed by atoms with Gasteiger partial charge >= 0.3 is 0 Å². The van der Waals surface area contributed by atoms with Gasteiger partial charge in [0.2, 0.25) is 5.91 Å². The topological polar surface area (TPSA) is 66.5 Å². The van der Waals surface area contributed by atoms with Crippen molar-refractivity contribution in [1.29, 1.82) is 0 Å². The van der Waals surface area contributed by atoms with Gasteiger partial charge in [0.1, 0.15) is 0 Å². The largest absolute Gasteiger partial charge is 0.280 e. The molecule has 0 saturated carbocycles. The highest BCUT2D eigenvalue weighted by Gasteiger charge is 2.35. The second-order valence-electron chi connectivity index (χ2n) is 6.38. The highest BCUT2D eigenvalue weighted by atomic mass is 79.9. The summed E-state index contributed by atoms with van der Waals surface area (Å²) >= 11 is 3.45. The summed E-state index contributed by atoms with van der Waals surface area (Å²) in [6, 6.07) is 17.9. The molecule has 1 N–H and O–H groups in total. The number of halogens is 1. The van der Waals surface area contributed by atoms with Gasteiger partial charge in [0, 0.05) is 9.86 Å². The third-order valence-corrected chi connectivity index (χ3v) is 5.46. The zero-order valence-electron chi connectivity index (χ0n) is 14.4. The van der Waals surface area contributed by atoms with Crippen LogP contribution < -0.4 is 5.43 Å². The van der Waals surface area contributed by atoms with E-state index in [-0.39, 0.29) is 0 Å². The number of amides is 3. The van der Waals surface area contributed by atoms with Crippen LogP contribution in [0.2, 0.25) is 0 Å². The Bertz CT molecular complexity index is 1070. The van der Waals surface area contributed by atoms with Gasteiger partial charge in [-0.25, -0.2) is 0 Å². The molecule has 1 aliphatic heterocycles. The molecule has 27 heavy (non-hydrogen) atoms. The van der Waals surface area contributed by atoms with Crippen molar-refractivity contribution in [2.75, 3.05) is 0 Å². The Hall–Kier alpha value is -2.99. The average Bonchev–Trinajstić information content (AvgIpc) is 2.70. The highest BCUT2D eigenvalue weighted by molar-refractivity contribution is 9.10. The second kappa shape index (κ2) is 6.63. The maximum atomic E-state index is 12.9. The van der Waals surface area contributed by atoms with E-state index in [1.54, 1.807) is 31.2 Å². The lowest BCUT2D eigenvalue weighted by atomic mass is 9.95. The lowest BCUT2D eigenvalue weighted by Gasteiger charge is -2.28. The molecule has 1 atom stereocenters. The van der Waals surface area contributed by atoms with E-state index in [0.29, 0.717) is 16.5 Å². The first-order chi connectivity index (χ1) is 13.0. The van der Waals surface area contributed by atoms with Crippen LogP contribution in [0.15, 0.2) is 65.1 Å². The molecule has 1 aliphatic rings. The Morgan fingerprint density at radius 3 is 2.30 bits per heavy atom. The first kappa shape index (κ1) is 17.4. The maximum Gasteiger partial charge on any atom is 0.280 e. The van der Waals surface area contributed by atoms with Gasteiger partial charge in [-0.05, 0) is 36.1 Å². The fraction of sp³-hybridized carbons (Fsp3) is 0.0952. The van der Waals surface area contributed by atoms with Crippen LogP contribution in [0.5, 0.6) is 0 Å². The second-order valence-corrected chi connectivity index (χ2v) is 7.23. The van der Waals surface area contributed by atoms with Crippen molar-refractivity contribution in [2.24, 2.45) is 0 Å². The van der Waals surface area contributed by atoms with E-state index in [9.17, 15) is 14.4 Å². The standard InChI is InChI=1S/C21H15BrN2O3/c1-12(13-6-3-2-4-7-13)19(25)23-24-20(26)15-9-5-8-14-17(22)11-10-16(18(14)15)21(24)27/h2-12H,1H3,(H,23,25)/t12-/m1/s1. The molecule has 3 aromatic rings. The SMILES string of the molecule is C[C@@H](C(=O)NN1C(=O)c2cccc3c(Br)ccc(c23)C1=O)c1ccccc1. The lowest BCUT2D eigenvalue weighted by Crippen LogP contribution is -2.52. The Balaban J connectivity index is 1.70. The normalized spacial score (nSPS) is 14.4. The number of hydrazine groups is 1. The van der Waals surface area contributed by atoms with Crippen LogP contribution >= 0.6 is 15.9 Å². The first-order valence-electron chi connectivity index (χ1n) is 8.44. The first-order valence-corrected chi connectivity index (χ1v) is 9.24. The molecule has 1 heterocycles. The van der Waals surface area contributed by atoms with Gasteiger partial charge in [0.05, 0.1) is 17.0 Å². The Kier molecular flexibility index (Phi) is 4.28. The van der Waals surface area contributed by atoms with Crippen molar-refractivity contribution < 1.29 is 14.4 Å². The van der Waals surface area contributed by atoms with E-state index in [0.717, 1.165) is 20.4 Å². The average molecular weight is 423 g/mol. The summed E-state index contributed by atoms with van der Waals surface area (Å²) in [6.07, 6.45) is 0. The third-order valence-electron chi connectivity index (χ3n) is 4.77. The van der Waals surface area contributed by atoms with E-state index in [1.165, 1.54) is 0 Å². The maximum absolute atomic E-state index is 12.9. The smallest absolute Gasteiger partial charge is 0.273 e. The molecule has 3 amide bonds. The van der Waals surface area contributed by atoms with Gasteiger partial charge in [0.25, 0.3) is 11.8 Å². The fourth-order valence-electron chi connectivity index (χ4n) is 3.26. The molecule has 0 bridgehead atoms. The van der Waals surface area contributed by atoms with Crippen LogP contribution in [0, 0.1) is 0 Å². The predicted octanol–water partition coefficient (Wildman–Crippen LogP) is 4.03. The summed E-state index contributed by atoms with van der Waals surface area (Å²) in [4.78, 5) is 38.4. The minimum absolute atomic E-state index is 0.385. The van der Waals surface area contributed by atoms with Crippen molar-refractivity contribution in [3.63, 3.8) is 0 Å². The summed E-state index contributed by atoms with van der Waals surface area (Å²) < 4.78 is 0.805. The van der Waals surface area contributed by atoms with Crippen molar-refractivity contribution >= 4 is 44.4 Å². The fourth-order valence-corrected chi connectivity index (χ4v) is 3.72. The zero-order valence-corrected chi connectivity index (χ0v) is 16.0. The minimum Gasteiger partial charge on any atom is -0.273 e. The molecule has 0 fully saturated rings. The molecule has 0 spiro atoms. The molecule has 0 radical (unpaired) electrons. The van der Waals surface area contributed by atoms with Crippen molar-refractivity contribution in [3.8, 4) is 0 Å².